The Labute approximate surface area is 108 Å². The summed E-state index contributed by atoms with van der Waals surface area (Å²) in [6.07, 6.45) is -0.0500. The molecule has 0 radical (unpaired) electrons. The van der Waals surface area contributed by atoms with Gasteiger partial charge in [-0.2, -0.15) is 0 Å². The van der Waals surface area contributed by atoms with Gasteiger partial charge in [0.1, 0.15) is 6.04 Å². The lowest BCUT2D eigenvalue weighted by Crippen LogP contribution is -2.41. The van der Waals surface area contributed by atoms with E-state index < -0.39 is 17.9 Å². The number of carbonyl (C=O) groups is 2. The van der Waals surface area contributed by atoms with Crippen molar-refractivity contribution >= 4 is 11.9 Å². The smallest absolute Gasteiger partial charge is 0.326 e. The van der Waals surface area contributed by atoms with Gasteiger partial charge in [0.2, 0.25) is 6.79 Å². The number of fused-ring (bicyclic) bond motifs is 1. The van der Waals surface area contributed by atoms with E-state index in [2.05, 4.69) is 5.32 Å². The molecule has 1 atom stereocenters. The van der Waals surface area contributed by atoms with Gasteiger partial charge in [0.05, 0.1) is 0 Å². The van der Waals surface area contributed by atoms with E-state index in [0.717, 1.165) is 0 Å². The summed E-state index contributed by atoms with van der Waals surface area (Å²) >= 11 is 0. The number of hydrogen-bond donors (Lipinski definition) is 3. The van der Waals surface area contributed by atoms with Crippen LogP contribution in [0.4, 0.5) is 0 Å². The first-order valence-electron chi connectivity index (χ1n) is 5.66. The minimum absolute atomic E-state index is 0.0500. The quantitative estimate of drug-likeness (QED) is 0.692. The minimum Gasteiger partial charge on any atom is -0.480 e. The maximum Gasteiger partial charge on any atom is 0.326 e. The van der Waals surface area contributed by atoms with Gasteiger partial charge in [0, 0.05) is 18.6 Å². The van der Waals surface area contributed by atoms with Crippen molar-refractivity contribution in [2.24, 2.45) is 0 Å². The van der Waals surface area contributed by atoms with Crippen LogP contribution in [-0.2, 0) is 4.79 Å². The molecular weight excluding hydrogens is 254 g/mol. The topological polar surface area (TPSA) is 105 Å². The maximum atomic E-state index is 11.9. The standard InChI is InChI=1S/C12H13NO6/c14-4-3-8(12(16)17)13-11(15)7-1-2-9-10(5-7)19-6-18-9/h1-2,5,8,14H,3-4,6H2,(H,13,15)(H,16,17)/t8-/m0/s1. The molecule has 0 saturated carbocycles. The number of aliphatic carboxylic acids is 1. The molecule has 0 spiro atoms. The third-order valence-corrected chi connectivity index (χ3v) is 2.66. The Kier molecular flexibility index (Phi) is 3.86. The number of ether oxygens (including phenoxy) is 2. The first kappa shape index (κ1) is 13.2. The summed E-state index contributed by atoms with van der Waals surface area (Å²) in [5, 5.41) is 20.0. The lowest BCUT2D eigenvalue weighted by Gasteiger charge is -2.13. The molecule has 0 saturated heterocycles. The summed E-state index contributed by atoms with van der Waals surface area (Å²) in [6.45, 7) is -0.221. The summed E-state index contributed by atoms with van der Waals surface area (Å²) in [4.78, 5) is 22.8. The van der Waals surface area contributed by atoms with Crippen molar-refractivity contribution in [1.29, 1.82) is 0 Å². The molecule has 0 unspecified atom stereocenters. The summed E-state index contributed by atoms with van der Waals surface area (Å²) < 4.78 is 10.2. The summed E-state index contributed by atoms with van der Waals surface area (Å²) in [7, 11) is 0. The molecule has 102 valence electrons. The molecule has 3 N–H and O–H groups in total. The van der Waals surface area contributed by atoms with Gasteiger partial charge in [0.25, 0.3) is 5.91 Å². The first-order valence-corrected chi connectivity index (χ1v) is 5.66. The molecule has 1 aliphatic heterocycles. The van der Waals surface area contributed by atoms with Crippen molar-refractivity contribution in [3.63, 3.8) is 0 Å². The van der Waals surface area contributed by atoms with Gasteiger partial charge in [-0.1, -0.05) is 0 Å². The Balaban J connectivity index is 2.09. The van der Waals surface area contributed by atoms with Crippen LogP contribution >= 0.6 is 0 Å². The van der Waals surface area contributed by atoms with Gasteiger partial charge < -0.3 is 25.0 Å². The summed E-state index contributed by atoms with van der Waals surface area (Å²) in [6, 6.07) is 3.46. The van der Waals surface area contributed by atoms with Crippen molar-refractivity contribution in [2.75, 3.05) is 13.4 Å². The SMILES string of the molecule is O=C(N[C@@H](CCO)C(=O)O)c1ccc2c(c1)OCO2. The predicted molar refractivity (Wildman–Crippen MR) is 63.2 cm³/mol. The van der Waals surface area contributed by atoms with Gasteiger partial charge >= 0.3 is 5.97 Å². The Morgan fingerprint density at radius 1 is 1.32 bits per heavy atom. The lowest BCUT2D eigenvalue weighted by molar-refractivity contribution is -0.139. The van der Waals surface area contributed by atoms with E-state index in [0.29, 0.717) is 11.5 Å². The highest BCUT2D eigenvalue weighted by Gasteiger charge is 2.21. The Morgan fingerprint density at radius 2 is 2.05 bits per heavy atom. The molecule has 1 heterocycles. The number of benzene rings is 1. The number of carboxylic acids is 1. The van der Waals surface area contributed by atoms with Crippen LogP contribution in [0.1, 0.15) is 16.8 Å². The number of carboxylic acid groups (broad SMARTS) is 1. The van der Waals surface area contributed by atoms with Crippen LogP contribution in [0.5, 0.6) is 11.5 Å². The van der Waals surface area contributed by atoms with Crippen LogP contribution < -0.4 is 14.8 Å². The number of aliphatic hydroxyl groups is 1. The van der Waals surface area contributed by atoms with Crippen LogP contribution in [0.2, 0.25) is 0 Å². The average molecular weight is 267 g/mol. The molecule has 0 fully saturated rings. The fourth-order valence-corrected chi connectivity index (χ4v) is 1.67. The van der Waals surface area contributed by atoms with Gasteiger partial charge in [-0.3, -0.25) is 4.79 Å². The van der Waals surface area contributed by atoms with Crippen LogP contribution in [0.15, 0.2) is 18.2 Å². The van der Waals surface area contributed by atoms with Crippen molar-refractivity contribution < 1.29 is 29.3 Å². The fraction of sp³-hybridized carbons (Fsp3) is 0.333. The predicted octanol–water partition coefficient (Wildman–Crippen LogP) is -0.0193. The maximum absolute atomic E-state index is 11.9. The highest BCUT2D eigenvalue weighted by Crippen LogP contribution is 2.32. The number of hydrogen-bond acceptors (Lipinski definition) is 5. The average Bonchev–Trinajstić information content (AvgIpc) is 2.85. The Morgan fingerprint density at radius 3 is 2.74 bits per heavy atom. The van der Waals surface area contributed by atoms with Crippen LogP contribution in [0.25, 0.3) is 0 Å². The molecule has 1 aromatic carbocycles. The van der Waals surface area contributed by atoms with Crippen LogP contribution in [0.3, 0.4) is 0 Å². The lowest BCUT2D eigenvalue weighted by atomic mass is 10.1. The number of carbonyl (C=O) groups excluding carboxylic acids is 1. The first-order chi connectivity index (χ1) is 9.11. The molecule has 7 heteroatoms. The van der Waals surface area contributed by atoms with E-state index in [1.807, 2.05) is 0 Å². The van der Waals surface area contributed by atoms with Crippen molar-refractivity contribution in [1.82, 2.24) is 5.32 Å². The zero-order valence-electron chi connectivity index (χ0n) is 9.96. The third-order valence-electron chi connectivity index (χ3n) is 2.66. The molecule has 19 heavy (non-hydrogen) atoms. The number of aliphatic hydroxyl groups excluding tert-OH is 1. The molecular formula is C12H13NO6. The third kappa shape index (κ3) is 2.94. The largest absolute Gasteiger partial charge is 0.480 e. The molecule has 0 aromatic heterocycles. The number of rotatable bonds is 5. The van der Waals surface area contributed by atoms with Crippen molar-refractivity contribution in [2.45, 2.75) is 12.5 Å². The van der Waals surface area contributed by atoms with E-state index in [4.69, 9.17) is 19.7 Å². The van der Waals surface area contributed by atoms with Gasteiger partial charge in [-0.25, -0.2) is 4.79 Å². The number of nitrogens with one attached hydrogen (secondary N) is 1. The molecule has 7 nitrogen and oxygen atoms in total. The zero-order chi connectivity index (χ0) is 13.8. The molecule has 0 bridgehead atoms. The Bertz CT molecular complexity index is 501. The molecule has 0 aliphatic carbocycles. The van der Waals surface area contributed by atoms with Crippen LogP contribution in [-0.4, -0.2) is 41.5 Å². The fourth-order valence-electron chi connectivity index (χ4n) is 1.67. The van der Waals surface area contributed by atoms with Gasteiger partial charge in [0.15, 0.2) is 11.5 Å². The second-order valence-electron chi connectivity index (χ2n) is 3.94. The molecule has 1 aromatic rings. The van der Waals surface area contributed by atoms with Crippen LogP contribution in [0, 0.1) is 0 Å². The normalized spacial score (nSPS) is 13.9. The molecule has 1 amide bonds. The summed E-state index contributed by atoms with van der Waals surface area (Å²) in [5.74, 6) is -0.745. The van der Waals surface area contributed by atoms with E-state index in [-0.39, 0.29) is 25.4 Å². The monoisotopic (exact) mass is 267 g/mol. The Hall–Kier alpha value is -2.28. The summed E-state index contributed by atoms with van der Waals surface area (Å²) in [5.41, 5.74) is 0.272. The second kappa shape index (κ2) is 5.57. The minimum atomic E-state index is -1.19. The van der Waals surface area contributed by atoms with E-state index in [9.17, 15) is 9.59 Å². The zero-order valence-corrected chi connectivity index (χ0v) is 9.96. The van der Waals surface area contributed by atoms with Gasteiger partial charge in [-0.05, 0) is 18.2 Å². The van der Waals surface area contributed by atoms with Crippen molar-refractivity contribution in [3.8, 4) is 11.5 Å². The van der Waals surface area contributed by atoms with Crippen molar-refractivity contribution in [3.05, 3.63) is 23.8 Å². The second-order valence-corrected chi connectivity index (χ2v) is 3.94. The molecule has 1 aliphatic rings. The van der Waals surface area contributed by atoms with Gasteiger partial charge in [-0.15, -0.1) is 0 Å². The van der Waals surface area contributed by atoms with E-state index in [1.165, 1.54) is 12.1 Å². The number of amides is 1. The van der Waals surface area contributed by atoms with E-state index in [1.54, 1.807) is 6.07 Å². The highest BCUT2D eigenvalue weighted by atomic mass is 16.7. The highest BCUT2D eigenvalue weighted by molar-refractivity contribution is 5.97. The molecule has 2 rings (SSSR count). The van der Waals surface area contributed by atoms with E-state index >= 15 is 0 Å².